The Bertz CT molecular complexity index is 1090. The maximum atomic E-state index is 13.0. The van der Waals surface area contributed by atoms with E-state index in [1.54, 1.807) is 30.3 Å². The molecule has 1 aliphatic heterocycles. The van der Waals surface area contributed by atoms with Crippen LogP contribution < -0.4 is 10.6 Å². The van der Waals surface area contributed by atoms with Gasteiger partial charge in [0.15, 0.2) is 24.5 Å². The molecule has 1 aromatic carbocycles. The fourth-order valence-electron chi connectivity index (χ4n) is 3.77. The predicted octanol–water partition coefficient (Wildman–Crippen LogP) is 1.30. The average Bonchev–Trinajstić information content (AvgIpc) is 2.90. The highest BCUT2D eigenvalue weighted by Crippen LogP contribution is 2.28. The third-order valence-electron chi connectivity index (χ3n) is 5.39. The van der Waals surface area contributed by atoms with Gasteiger partial charge in [0.2, 0.25) is 9.70 Å². The number of nitrogens with one attached hydrogen (secondary N) is 2. The van der Waals surface area contributed by atoms with Gasteiger partial charge in [0.25, 0.3) is 0 Å². The molecule has 0 aliphatic carbocycles. The lowest BCUT2D eigenvalue weighted by atomic mass is 9.96. The van der Waals surface area contributed by atoms with E-state index in [1.165, 1.54) is 0 Å². The molecule has 0 radical (unpaired) electrons. The standard InChI is InChI=1S/C25H31Cl3N2O12/c1-13(32)29-19-21(41-15(3)34)20(40-14(2)33)18(9-31)42-23(19)38-11-17(30-24(36)39-12-25(26,27)28)22(35)37-10-16-7-5-4-6-8-16/h4-8,17-21,23,31H,9-12H2,1-3H3,(H,29,32)(H,30,36)/t17-,18+,19+,20-,21+,23-/m0/s1. The zero-order valence-corrected chi connectivity index (χ0v) is 25.0. The number of ether oxygens (including phenoxy) is 6. The van der Waals surface area contributed by atoms with E-state index in [1.807, 2.05) is 0 Å². The first-order valence-electron chi connectivity index (χ1n) is 12.4. The Hall–Kier alpha value is -2.88. The summed E-state index contributed by atoms with van der Waals surface area (Å²) in [6.45, 7) is 1.18. The maximum Gasteiger partial charge on any atom is 0.408 e. The number of esters is 3. The summed E-state index contributed by atoms with van der Waals surface area (Å²) in [5.41, 5.74) is 0.650. The molecular weight excluding hydrogens is 627 g/mol. The van der Waals surface area contributed by atoms with Crippen molar-refractivity contribution in [1.29, 1.82) is 0 Å². The van der Waals surface area contributed by atoms with E-state index in [4.69, 9.17) is 63.2 Å². The molecule has 0 bridgehead atoms. The van der Waals surface area contributed by atoms with E-state index in [2.05, 4.69) is 10.6 Å². The van der Waals surface area contributed by atoms with Crippen molar-refractivity contribution in [2.75, 3.05) is 19.8 Å². The van der Waals surface area contributed by atoms with Gasteiger partial charge in [0.1, 0.15) is 25.4 Å². The molecule has 0 unspecified atom stereocenters. The summed E-state index contributed by atoms with van der Waals surface area (Å²) in [7, 11) is 0. The summed E-state index contributed by atoms with van der Waals surface area (Å²) in [4.78, 5) is 61.0. The molecule has 2 amide bonds. The summed E-state index contributed by atoms with van der Waals surface area (Å²) in [5.74, 6) is -3.14. The highest BCUT2D eigenvalue weighted by atomic mass is 35.6. The largest absolute Gasteiger partial charge is 0.459 e. The van der Waals surface area contributed by atoms with Gasteiger partial charge in [-0.05, 0) is 5.56 Å². The lowest BCUT2D eigenvalue weighted by Crippen LogP contribution is -2.66. The van der Waals surface area contributed by atoms with E-state index in [9.17, 15) is 29.1 Å². The van der Waals surface area contributed by atoms with Crippen LogP contribution in [0.3, 0.4) is 0 Å². The second-order valence-corrected chi connectivity index (χ2v) is 11.4. The van der Waals surface area contributed by atoms with Crippen molar-refractivity contribution < 1.29 is 57.5 Å². The number of aliphatic hydroxyl groups is 1. The lowest BCUT2D eigenvalue weighted by molar-refractivity contribution is -0.277. The van der Waals surface area contributed by atoms with E-state index in [-0.39, 0.29) is 6.61 Å². The molecule has 14 nitrogen and oxygen atoms in total. The maximum absolute atomic E-state index is 13.0. The summed E-state index contributed by atoms with van der Waals surface area (Å²) in [5, 5.41) is 14.7. The number of rotatable bonds is 12. The lowest BCUT2D eigenvalue weighted by Gasteiger charge is -2.44. The van der Waals surface area contributed by atoms with Crippen molar-refractivity contribution >= 4 is 64.7 Å². The first-order chi connectivity index (χ1) is 19.7. The molecule has 1 aliphatic rings. The molecule has 0 saturated carbocycles. The quantitative estimate of drug-likeness (QED) is 0.167. The first-order valence-corrected chi connectivity index (χ1v) is 13.5. The number of benzene rings is 1. The number of aliphatic hydroxyl groups excluding tert-OH is 1. The smallest absolute Gasteiger partial charge is 0.408 e. The molecule has 1 fully saturated rings. The van der Waals surface area contributed by atoms with Crippen LogP contribution >= 0.6 is 34.8 Å². The summed E-state index contributed by atoms with van der Waals surface area (Å²) < 4.78 is 30.2. The summed E-state index contributed by atoms with van der Waals surface area (Å²) >= 11 is 16.8. The van der Waals surface area contributed by atoms with Gasteiger partial charge in [-0.2, -0.15) is 0 Å². The Balaban J connectivity index is 2.29. The topological polar surface area (TPSA) is 185 Å². The molecule has 234 valence electrons. The minimum absolute atomic E-state index is 0.152. The van der Waals surface area contributed by atoms with Crippen LogP contribution in [0, 0.1) is 0 Å². The number of amides is 2. The van der Waals surface area contributed by atoms with Gasteiger partial charge in [-0.25, -0.2) is 9.59 Å². The van der Waals surface area contributed by atoms with Crippen LogP contribution in [-0.2, 0) is 54.2 Å². The Morgan fingerprint density at radius 3 is 2.14 bits per heavy atom. The van der Waals surface area contributed by atoms with Crippen molar-refractivity contribution in [2.45, 2.75) is 67.9 Å². The Morgan fingerprint density at radius 1 is 0.976 bits per heavy atom. The van der Waals surface area contributed by atoms with Crippen LogP contribution in [0.4, 0.5) is 4.79 Å². The Morgan fingerprint density at radius 2 is 1.60 bits per heavy atom. The molecule has 0 aromatic heterocycles. The fourth-order valence-corrected chi connectivity index (χ4v) is 3.93. The highest BCUT2D eigenvalue weighted by Gasteiger charge is 2.51. The van der Waals surface area contributed by atoms with Crippen molar-refractivity contribution in [3.63, 3.8) is 0 Å². The second-order valence-electron chi connectivity index (χ2n) is 8.91. The van der Waals surface area contributed by atoms with Gasteiger partial charge < -0.3 is 44.2 Å². The molecule has 1 aromatic rings. The number of hydrogen-bond acceptors (Lipinski definition) is 12. The summed E-state index contributed by atoms with van der Waals surface area (Å²) in [6, 6.07) is 5.84. The number of hydrogen-bond donors (Lipinski definition) is 3. The number of alkyl carbamates (subject to hydrolysis) is 1. The first kappa shape index (κ1) is 35.3. The number of alkyl halides is 3. The minimum Gasteiger partial charge on any atom is -0.459 e. The zero-order chi connectivity index (χ0) is 31.4. The summed E-state index contributed by atoms with van der Waals surface area (Å²) in [6.07, 6.45) is -6.65. The Kier molecular flexibility index (Phi) is 14.0. The molecular formula is C25H31Cl3N2O12. The van der Waals surface area contributed by atoms with Gasteiger partial charge in [-0.1, -0.05) is 65.1 Å². The van der Waals surface area contributed by atoms with E-state index in [0.29, 0.717) is 5.56 Å². The van der Waals surface area contributed by atoms with E-state index < -0.39 is 90.2 Å². The predicted molar refractivity (Wildman–Crippen MR) is 145 cm³/mol. The second kappa shape index (κ2) is 16.7. The third-order valence-corrected chi connectivity index (χ3v) is 5.72. The van der Waals surface area contributed by atoms with Crippen LogP contribution in [0.25, 0.3) is 0 Å². The minimum atomic E-state index is -1.93. The van der Waals surface area contributed by atoms with E-state index in [0.717, 1.165) is 20.8 Å². The van der Waals surface area contributed by atoms with Crippen molar-refractivity contribution in [1.82, 2.24) is 10.6 Å². The van der Waals surface area contributed by atoms with Gasteiger partial charge >= 0.3 is 24.0 Å². The molecule has 1 heterocycles. The fraction of sp³-hybridized carbons (Fsp3) is 0.560. The number of halogens is 3. The third kappa shape index (κ3) is 12.2. The molecule has 42 heavy (non-hydrogen) atoms. The van der Waals surface area contributed by atoms with Crippen molar-refractivity contribution in [2.24, 2.45) is 0 Å². The SMILES string of the molecule is CC(=O)N[C@H]1[C@@H](OC[C@H](NC(=O)OCC(Cl)(Cl)Cl)C(=O)OCc2ccccc2)O[C@H](CO)[C@H](OC(C)=O)[C@@H]1OC(C)=O. The van der Waals surface area contributed by atoms with Crippen LogP contribution in [0.5, 0.6) is 0 Å². The normalized spacial score (nSPS) is 22.7. The Labute approximate surface area is 256 Å². The number of carbonyl (C=O) groups is 5. The van der Waals surface area contributed by atoms with Crippen LogP contribution in [0.2, 0.25) is 0 Å². The molecule has 0 spiro atoms. The average molecular weight is 658 g/mol. The van der Waals surface area contributed by atoms with Crippen LogP contribution in [0.1, 0.15) is 26.3 Å². The van der Waals surface area contributed by atoms with Crippen molar-refractivity contribution in [3.8, 4) is 0 Å². The molecule has 1 saturated heterocycles. The van der Waals surface area contributed by atoms with Gasteiger partial charge in [0.05, 0.1) is 13.2 Å². The van der Waals surface area contributed by atoms with Gasteiger partial charge in [0, 0.05) is 20.8 Å². The monoisotopic (exact) mass is 656 g/mol. The number of carbonyl (C=O) groups excluding carboxylic acids is 5. The molecule has 6 atom stereocenters. The van der Waals surface area contributed by atoms with E-state index >= 15 is 0 Å². The van der Waals surface area contributed by atoms with Crippen molar-refractivity contribution in [3.05, 3.63) is 35.9 Å². The zero-order valence-electron chi connectivity index (χ0n) is 22.8. The highest BCUT2D eigenvalue weighted by molar-refractivity contribution is 6.67. The van der Waals surface area contributed by atoms with Crippen LogP contribution in [-0.4, -0.2) is 95.3 Å². The van der Waals surface area contributed by atoms with Gasteiger partial charge in [-0.3, -0.25) is 14.4 Å². The molecule has 17 heteroatoms. The molecule has 3 N–H and O–H groups in total. The van der Waals surface area contributed by atoms with Gasteiger partial charge in [-0.15, -0.1) is 0 Å². The molecule has 2 rings (SSSR count). The van der Waals surface area contributed by atoms with Crippen LogP contribution in [0.15, 0.2) is 30.3 Å².